The Kier molecular flexibility index (Phi) is 6.70. The zero-order valence-corrected chi connectivity index (χ0v) is 19.8. The van der Waals surface area contributed by atoms with Crippen molar-refractivity contribution in [3.05, 3.63) is 53.1 Å². The van der Waals surface area contributed by atoms with Gasteiger partial charge in [0.1, 0.15) is 5.71 Å². The number of amides is 1. The molecule has 1 saturated heterocycles. The fourth-order valence-electron chi connectivity index (χ4n) is 3.93. The first kappa shape index (κ1) is 22.9. The van der Waals surface area contributed by atoms with Crippen LogP contribution in [0.2, 0.25) is 0 Å². The van der Waals surface area contributed by atoms with Crippen molar-refractivity contribution in [1.82, 2.24) is 4.90 Å². The van der Waals surface area contributed by atoms with E-state index in [1.54, 1.807) is 22.3 Å². The number of carbonyl (C=O) groups excluding carboxylic acids is 3. The van der Waals surface area contributed by atoms with Crippen LogP contribution in [-0.2, 0) is 14.4 Å². The molecule has 0 atom stereocenters. The summed E-state index contributed by atoms with van der Waals surface area (Å²) in [5.74, 6) is -0.710. The highest BCUT2D eigenvalue weighted by Gasteiger charge is 2.22. The van der Waals surface area contributed by atoms with Gasteiger partial charge in [0.15, 0.2) is 0 Å². The van der Waals surface area contributed by atoms with Crippen LogP contribution in [0.15, 0.2) is 47.1 Å². The number of rotatable bonds is 7. The number of nitrogens with zero attached hydrogens (tertiary/aromatic N) is 2. The lowest BCUT2D eigenvalue weighted by atomic mass is 10.00. The molecule has 3 aromatic rings. The Morgan fingerprint density at radius 3 is 2.55 bits per heavy atom. The van der Waals surface area contributed by atoms with Crippen molar-refractivity contribution in [3.63, 3.8) is 0 Å². The van der Waals surface area contributed by atoms with E-state index in [1.165, 1.54) is 6.92 Å². The monoisotopic (exact) mass is 462 g/mol. The molecule has 2 aromatic carbocycles. The number of benzene rings is 2. The minimum atomic E-state index is -0.551. The third-order valence-electron chi connectivity index (χ3n) is 5.75. The molecule has 1 aliphatic rings. The van der Waals surface area contributed by atoms with E-state index in [0.29, 0.717) is 12.0 Å². The molecular weight excluding hydrogens is 436 g/mol. The summed E-state index contributed by atoms with van der Waals surface area (Å²) in [5.41, 5.74) is 2.55. The first-order valence-corrected chi connectivity index (χ1v) is 11.9. The average molecular weight is 463 g/mol. The Morgan fingerprint density at radius 1 is 1.15 bits per heavy atom. The van der Waals surface area contributed by atoms with E-state index in [9.17, 15) is 14.4 Å². The number of hydrogen-bond donors (Lipinski definition) is 0. The standard InChI is InChI=1S/C26H26N2O4S/c1-4-5-6-22(27-32-16(2)29)25(30)18-8-10-24-21(15-18)20-14-17(7-9-23(20)33-24)13-19-11-12-28(3)26(19)31/h7-10,13-15H,4-6,11-12H2,1-3H3/b19-13+,27-22+. The quantitative estimate of drug-likeness (QED) is 0.151. The van der Waals surface area contributed by atoms with Crippen LogP contribution in [0.3, 0.4) is 0 Å². The van der Waals surface area contributed by atoms with Gasteiger partial charge in [-0.25, -0.2) is 4.79 Å². The summed E-state index contributed by atoms with van der Waals surface area (Å²) in [5, 5.41) is 5.86. The van der Waals surface area contributed by atoms with Crippen LogP contribution >= 0.6 is 11.3 Å². The molecule has 0 saturated carbocycles. The second-order valence-corrected chi connectivity index (χ2v) is 9.35. The van der Waals surface area contributed by atoms with E-state index >= 15 is 0 Å². The second-order valence-electron chi connectivity index (χ2n) is 8.27. The smallest absolute Gasteiger partial charge is 0.331 e. The maximum Gasteiger partial charge on any atom is 0.331 e. The van der Waals surface area contributed by atoms with Gasteiger partial charge in [-0.15, -0.1) is 11.3 Å². The normalized spacial score (nSPS) is 15.7. The molecule has 6 nitrogen and oxygen atoms in total. The minimum absolute atomic E-state index is 0.0739. The molecule has 0 unspecified atom stereocenters. The summed E-state index contributed by atoms with van der Waals surface area (Å²) in [4.78, 5) is 43.1. The van der Waals surface area contributed by atoms with Crippen LogP contribution in [0.25, 0.3) is 26.2 Å². The number of carbonyl (C=O) groups is 3. The van der Waals surface area contributed by atoms with Gasteiger partial charge in [-0.2, -0.15) is 0 Å². The zero-order valence-electron chi connectivity index (χ0n) is 19.0. The molecule has 0 radical (unpaired) electrons. The van der Waals surface area contributed by atoms with E-state index in [4.69, 9.17) is 4.84 Å². The molecule has 1 aliphatic heterocycles. The van der Waals surface area contributed by atoms with E-state index in [1.807, 2.05) is 38.2 Å². The number of likely N-dealkylation sites (tertiary alicyclic amines) is 1. The summed E-state index contributed by atoms with van der Waals surface area (Å²) in [6.45, 7) is 4.04. The Morgan fingerprint density at radius 2 is 1.88 bits per heavy atom. The molecule has 1 fully saturated rings. The molecule has 0 aliphatic carbocycles. The maximum atomic E-state index is 13.2. The lowest BCUT2D eigenvalue weighted by Crippen LogP contribution is -2.18. The van der Waals surface area contributed by atoms with Crippen LogP contribution in [-0.4, -0.2) is 41.9 Å². The average Bonchev–Trinajstić information content (AvgIpc) is 3.32. The fourth-order valence-corrected chi connectivity index (χ4v) is 5.00. The lowest BCUT2D eigenvalue weighted by molar-refractivity contribution is -0.140. The Balaban J connectivity index is 1.72. The van der Waals surface area contributed by atoms with Crippen molar-refractivity contribution in [2.75, 3.05) is 13.6 Å². The van der Waals surface area contributed by atoms with Gasteiger partial charge in [0.2, 0.25) is 11.7 Å². The molecule has 170 valence electrons. The first-order valence-electron chi connectivity index (χ1n) is 11.1. The third-order valence-corrected chi connectivity index (χ3v) is 6.90. The van der Waals surface area contributed by atoms with Crippen molar-refractivity contribution < 1.29 is 19.2 Å². The second kappa shape index (κ2) is 9.67. The highest BCUT2D eigenvalue weighted by atomic mass is 32.1. The number of oxime groups is 1. The van der Waals surface area contributed by atoms with Crippen molar-refractivity contribution in [1.29, 1.82) is 0 Å². The van der Waals surface area contributed by atoms with Gasteiger partial charge in [0.25, 0.3) is 0 Å². The highest BCUT2D eigenvalue weighted by molar-refractivity contribution is 7.25. The number of unbranched alkanes of at least 4 members (excludes halogenated alkanes) is 1. The maximum absolute atomic E-state index is 13.2. The number of likely N-dealkylation sites (N-methyl/N-ethyl adjacent to an activating group) is 1. The van der Waals surface area contributed by atoms with Crippen LogP contribution in [0.1, 0.15) is 55.5 Å². The molecule has 0 bridgehead atoms. The topological polar surface area (TPSA) is 76.0 Å². The molecule has 0 N–H and O–H groups in total. The fraction of sp³-hybridized carbons (Fsp3) is 0.308. The highest BCUT2D eigenvalue weighted by Crippen LogP contribution is 2.35. The Bertz CT molecular complexity index is 1320. The van der Waals surface area contributed by atoms with E-state index in [0.717, 1.165) is 57.1 Å². The number of hydrogen-bond acceptors (Lipinski definition) is 6. The molecule has 1 amide bonds. The van der Waals surface area contributed by atoms with Gasteiger partial charge < -0.3 is 9.74 Å². The summed E-state index contributed by atoms with van der Waals surface area (Å²) < 4.78 is 2.20. The summed E-state index contributed by atoms with van der Waals surface area (Å²) in [6, 6.07) is 11.8. The first-order chi connectivity index (χ1) is 15.9. The van der Waals surface area contributed by atoms with Gasteiger partial charge in [-0.05, 0) is 61.2 Å². The van der Waals surface area contributed by atoms with Crippen molar-refractivity contribution in [2.45, 2.75) is 39.5 Å². The molecule has 7 heteroatoms. The third kappa shape index (κ3) is 4.88. The molecule has 33 heavy (non-hydrogen) atoms. The number of ketones is 1. The number of fused-ring (bicyclic) bond motifs is 3. The van der Waals surface area contributed by atoms with Crippen LogP contribution in [0.4, 0.5) is 0 Å². The predicted octanol–water partition coefficient (Wildman–Crippen LogP) is 5.59. The molecule has 2 heterocycles. The summed E-state index contributed by atoms with van der Waals surface area (Å²) >= 11 is 1.66. The lowest BCUT2D eigenvalue weighted by Gasteiger charge is -2.05. The van der Waals surface area contributed by atoms with Crippen molar-refractivity contribution in [3.8, 4) is 0 Å². The SMILES string of the molecule is CCCC/C(=N\OC(C)=O)C(=O)c1ccc2sc3ccc(/C=C4\CCN(C)C4=O)cc3c2c1. The van der Waals surface area contributed by atoms with Gasteiger partial charge >= 0.3 is 5.97 Å². The molecule has 4 rings (SSSR count). The number of Topliss-reactive ketones (excluding diaryl/α,β-unsaturated/α-hetero) is 1. The van der Waals surface area contributed by atoms with Gasteiger partial charge in [-0.1, -0.05) is 24.6 Å². The predicted molar refractivity (Wildman–Crippen MR) is 133 cm³/mol. The number of thiophene rings is 1. The van der Waals surface area contributed by atoms with E-state index < -0.39 is 5.97 Å². The summed E-state index contributed by atoms with van der Waals surface area (Å²) in [7, 11) is 1.82. The molecule has 1 aromatic heterocycles. The zero-order chi connectivity index (χ0) is 23.5. The van der Waals surface area contributed by atoms with Gasteiger partial charge in [0.05, 0.1) is 0 Å². The van der Waals surface area contributed by atoms with Crippen LogP contribution < -0.4 is 0 Å². The van der Waals surface area contributed by atoms with Crippen LogP contribution in [0.5, 0.6) is 0 Å². The molecular formula is C26H26N2O4S. The Hall–Kier alpha value is -3.32. The molecule has 0 spiro atoms. The van der Waals surface area contributed by atoms with Crippen LogP contribution in [0, 0.1) is 0 Å². The largest absolute Gasteiger partial charge is 0.342 e. The minimum Gasteiger partial charge on any atom is -0.342 e. The van der Waals surface area contributed by atoms with Crippen molar-refractivity contribution >= 4 is 61.0 Å². The Labute approximate surface area is 196 Å². The van der Waals surface area contributed by atoms with E-state index in [-0.39, 0.29) is 17.4 Å². The summed E-state index contributed by atoms with van der Waals surface area (Å²) in [6.07, 6.45) is 4.83. The van der Waals surface area contributed by atoms with Gasteiger partial charge in [-0.3, -0.25) is 9.59 Å². The van der Waals surface area contributed by atoms with Crippen molar-refractivity contribution in [2.24, 2.45) is 5.16 Å². The van der Waals surface area contributed by atoms with E-state index in [2.05, 4.69) is 17.3 Å². The van der Waals surface area contributed by atoms with Gasteiger partial charge in [0, 0.05) is 51.8 Å².